The first-order valence-electron chi connectivity index (χ1n) is 6.74. The van der Waals surface area contributed by atoms with Crippen LogP contribution < -0.4 is 5.73 Å². The Labute approximate surface area is 98.7 Å². The molecule has 1 aliphatic heterocycles. The van der Waals surface area contributed by atoms with Gasteiger partial charge in [0.05, 0.1) is 6.10 Å². The Kier molecular flexibility index (Phi) is 4.62. The molecule has 0 radical (unpaired) electrons. The highest BCUT2D eigenvalue weighted by atomic mass is 16.5. The molecule has 2 aliphatic rings. The predicted octanol–water partition coefficient (Wildman–Crippen LogP) is 1.95. The molecule has 0 aromatic carbocycles. The largest absolute Gasteiger partial charge is 0.381 e. The first kappa shape index (κ1) is 12.3. The van der Waals surface area contributed by atoms with Crippen molar-refractivity contribution in [3.63, 3.8) is 0 Å². The molecule has 1 atom stereocenters. The van der Waals surface area contributed by atoms with Gasteiger partial charge in [-0.3, -0.25) is 0 Å². The van der Waals surface area contributed by atoms with Crippen LogP contribution in [0.1, 0.15) is 39.0 Å². The van der Waals surface area contributed by atoms with Crippen LogP contribution in [0.5, 0.6) is 0 Å². The third-order valence-corrected chi connectivity index (χ3v) is 4.07. The maximum absolute atomic E-state index is 6.28. The molecule has 94 valence electrons. The Morgan fingerprint density at radius 3 is 2.62 bits per heavy atom. The molecule has 3 nitrogen and oxygen atoms in total. The number of hydrogen-bond donors (Lipinski definition) is 1. The standard InChI is InChI=1S/C13H25NO2/c1-2-16-12-7-10(8-12)9-13(14)11-3-5-15-6-4-11/h10-13H,2-9,14H2,1H3. The van der Waals surface area contributed by atoms with Crippen molar-refractivity contribution in [2.24, 2.45) is 17.6 Å². The number of hydrogen-bond acceptors (Lipinski definition) is 3. The average Bonchev–Trinajstić information content (AvgIpc) is 2.27. The van der Waals surface area contributed by atoms with E-state index in [9.17, 15) is 0 Å². The molecule has 1 heterocycles. The van der Waals surface area contributed by atoms with Crippen molar-refractivity contribution < 1.29 is 9.47 Å². The van der Waals surface area contributed by atoms with E-state index in [-0.39, 0.29) is 0 Å². The second-order valence-corrected chi connectivity index (χ2v) is 5.26. The van der Waals surface area contributed by atoms with Crippen LogP contribution in [0.2, 0.25) is 0 Å². The molecule has 2 N–H and O–H groups in total. The minimum absolute atomic E-state index is 0.386. The van der Waals surface area contributed by atoms with Crippen LogP contribution >= 0.6 is 0 Å². The molecular weight excluding hydrogens is 202 g/mol. The third-order valence-electron chi connectivity index (χ3n) is 4.07. The van der Waals surface area contributed by atoms with E-state index < -0.39 is 0 Å². The molecule has 0 aromatic heterocycles. The Balaban J connectivity index is 1.62. The molecule has 1 unspecified atom stereocenters. The van der Waals surface area contributed by atoms with Gasteiger partial charge in [-0.1, -0.05) is 0 Å². The fourth-order valence-electron chi connectivity index (χ4n) is 2.96. The SMILES string of the molecule is CCOC1CC(CC(N)C2CCOCC2)C1. The minimum atomic E-state index is 0.386. The summed E-state index contributed by atoms with van der Waals surface area (Å²) in [6, 6.07) is 0.386. The van der Waals surface area contributed by atoms with Gasteiger partial charge in [-0.15, -0.1) is 0 Å². The molecule has 0 amide bonds. The normalized spacial score (nSPS) is 33.4. The summed E-state index contributed by atoms with van der Waals surface area (Å²) in [6.07, 6.45) is 6.48. The van der Waals surface area contributed by atoms with Gasteiger partial charge in [0.25, 0.3) is 0 Å². The van der Waals surface area contributed by atoms with Crippen LogP contribution in [0.15, 0.2) is 0 Å². The van der Waals surface area contributed by atoms with Crippen molar-refractivity contribution in [2.75, 3.05) is 19.8 Å². The zero-order valence-corrected chi connectivity index (χ0v) is 10.4. The van der Waals surface area contributed by atoms with Gasteiger partial charge in [-0.05, 0) is 50.9 Å². The number of ether oxygens (including phenoxy) is 2. The maximum Gasteiger partial charge on any atom is 0.0580 e. The van der Waals surface area contributed by atoms with E-state index in [0.717, 1.165) is 38.6 Å². The molecule has 1 saturated heterocycles. The lowest BCUT2D eigenvalue weighted by Gasteiger charge is -2.38. The topological polar surface area (TPSA) is 44.5 Å². The molecule has 0 spiro atoms. The summed E-state index contributed by atoms with van der Waals surface area (Å²) in [5.74, 6) is 1.51. The smallest absolute Gasteiger partial charge is 0.0580 e. The summed E-state index contributed by atoms with van der Waals surface area (Å²) in [5.41, 5.74) is 6.28. The van der Waals surface area contributed by atoms with E-state index in [0.29, 0.717) is 18.1 Å². The summed E-state index contributed by atoms with van der Waals surface area (Å²) >= 11 is 0. The Morgan fingerprint density at radius 1 is 1.31 bits per heavy atom. The van der Waals surface area contributed by atoms with E-state index in [4.69, 9.17) is 15.2 Å². The van der Waals surface area contributed by atoms with Gasteiger partial charge in [-0.2, -0.15) is 0 Å². The van der Waals surface area contributed by atoms with Crippen molar-refractivity contribution in [1.82, 2.24) is 0 Å². The lowest BCUT2D eigenvalue weighted by Crippen LogP contribution is -2.40. The van der Waals surface area contributed by atoms with E-state index in [1.165, 1.54) is 19.3 Å². The highest BCUT2D eigenvalue weighted by molar-refractivity contribution is 4.86. The predicted molar refractivity (Wildman–Crippen MR) is 64.3 cm³/mol. The van der Waals surface area contributed by atoms with Crippen LogP contribution in [0.25, 0.3) is 0 Å². The molecule has 3 heteroatoms. The summed E-state index contributed by atoms with van der Waals surface area (Å²) in [6.45, 7) is 4.74. The van der Waals surface area contributed by atoms with Gasteiger partial charge in [0.2, 0.25) is 0 Å². The summed E-state index contributed by atoms with van der Waals surface area (Å²) in [5, 5.41) is 0. The Morgan fingerprint density at radius 2 is 2.00 bits per heavy atom. The zero-order valence-electron chi connectivity index (χ0n) is 10.4. The highest BCUT2D eigenvalue weighted by Crippen LogP contribution is 2.35. The highest BCUT2D eigenvalue weighted by Gasteiger charge is 2.32. The van der Waals surface area contributed by atoms with Gasteiger partial charge in [-0.25, -0.2) is 0 Å². The van der Waals surface area contributed by atoms with Gasteiger partial charge < -0.3 is 15.2 Å². The molecule has 2 rings (SSSR count). The van der Waals surface area contributed by atoms with Gasteiger partial charge in [0.1, 0.15) is 0 Å². The van der Waals surface area contributed by atoms with Crippen molar-refractivity contribution in [2.45, 2.75) is 51.2 Å². The molecule has 1 aliphatic carbocycles. The van der Waals surface area contributed by atoms with Gasteiger partial charge >= 0.3 is 0 Å². The molecule has 1 saturated carbocycles. The first-order valence-corrected chi connectivity index (χ1v) is 6.74. The summed E-state index contributed by atoms with van der Waals surface area (Å²) in [4.78, 5) is 0. The third kappa shape index (κ3) is 3.19. The van der Waals surface area contributed by atoms with Crippen LogP contribution in [0.3, 0.4) is 0 Å². The summed E-state index contributed by atoms with van der Waals surface area (Å²) < 4.78 is 10.9. The van der Waals surface area contributed by atoms with Crippen molar-refractivity contribution >= 4 is 0 Å². The molecular formula is C13H25NO2. The van der Waals surface area contributed by atoms with E-state index in [2.05, 4.69) is 6.92 Å². The van der Waals surface area contributed by atoms with Gasteiger partial charge in [0.15, 0.2) is 0 Å². The van der Waals surface area contributed by atoms with Crippen LogP contribution in [0.4, 0.5) is 0 Å². The van der Waals surface area contributed by atoms with Crippen LogP contribution in [-0.2, 0) is 9.47 Å². The van der Waals surface area contributed by atoms with Crippen LogP contribution in [-0.4, -0.2) is 32.0 Å². The van der Waals surface area contributed by atoms with Crippen molar-refractivity contribution in [1.29, 1.82) is 0 Å². The van der Waals surface area contributed by atoms with E-state index >= 15 is 0 Å². The minimum Gasteiger partial charge on any atom is -0.381 e. The second kappa shape index (κ2) is 5.99. The monoisotopic (exact) mass is 227 g/mol. The molecule has 16 heavy (non-hydrogen) atoms. The average molecular weight is 227 g/mol. The Bertz CT molecular complexity index is 198. The fraction of sp³-hybridized carbons (Fsp3) is 1.00. The van der Waals surface area contributed by atoms with Crippen molar-refractivity contribution in [3.8, 4) is 0 Å². The second-order valence-electron chi connectivity index (χ2n) is 5.26. The summed E-state index contributed by atoms with van der Waals surface area (Å²) in [7, 11) is 0. The zero-order chi connectivity index (χ0) is 11.4. The van der Waals surface area contributed by atoms with Crippen LogP contribution in [0, 0.1) is 11.8 Å². The van der Waals surface area contributed by atoms with Crippen molar-refractivity contribution in [3.05, 3.63) is 0 Å². The lowest BCUT2D eigenvalue weighted by molar-refractivity contribution is -0.0318. The molecule has 2 fully saturated rings. The lowest BCUT2D eigenvalue weighted by atomic mass is 9.75. The first-order chi connectivity index (χ1) is 7.79. The molecule has 0 aromatic rings. The quantitative estimate of drug-likeness (QED) is 0.780. The fourth-order valence-corrected chi connectivity index (χ4v) is 2.96. The maximum atomic E-state index is 6.28. The number of rotatable bonds is 5. The van der Waals surface area contributed by atoms with Gasteiger partial charge in [0, 0.05) is 25.9 Å². The van der Waals surface area contributed by atoms with E-state index in [1.54, 1.807) is 0 Å². The Hall–Kier alpha value is -0.120. The van der Waals surface area contributed by atoms with E-state index in [1.807, 2.05) is 0 Å². The number of nitrogens with two attached hydrogens (primary N) is 1. The molecule has 0 bridgehead atoms.